The molecule has 168 valence electrons. The number of halogens is 1. The molecule has 2 aromatic carbocycles. The normalized spacial score (nSPS) is 10.4. The molecule has 0 unspecified atom stereocenters. The Kier molecular flexibility index (Phi) is 6.89. The van der Waals surface area contributed by atoms with E-state index >= 15 is 0 Å². The number of pyridine rings is 2. The second-order valence-electron chi connectivity index (χ2n) is 7.78. The highest BCUT2D eigenvalue weighted by molar-refractivity contribution is 5.99. The summed E-state index contributed by atoms with van der Waals surface area (Å²) in [6.45, 7) is 2.63. The van der Waals surface area contributed by atoms with Gasteiger partial charge in [0.05, 0.1) is 11.1 Å². The largest absolute Gasteiger partial charge is 0.365 e. The van der Waals surface area contributed by atoms with Gasteiger partial charge < -0.3 is 10.6 Å². The Balaban J connectivity index is 1.45. The molecule has 1 amide bonds. The number of amides is 1. The molecule has 0 aliphatic rings. The number of nitrogens with one attached hydrogen (secondary N) is 2. The summed E-state index contributed by atoms with van der Waals surface area (Å²) in [4.78, 5) is 21.4. The first-order valence-corrected chi connectivity index (χ1v) is 10.7. The van der Waals surface area contributed by atoms with Crippen LogP contribution in [0.25, 0.3) is 11.1 Å². The molecule has 0 saturated heterocycles. The van der Waals surface area contributed by atoms with Crippen molar-refractivity contribution in [1.29, 1.82) is 5.26 Å². The van der Waals surface area contributed by atoms with Crippen LogP contribution in [-0.2, 0) is 13.1 Å². The smallest absolute Gasteiger partial charge is 0.255 e. The van der Waals surface area contributed by atoms with Gasteiger partial charge in [0.15, 0.2) is 0 Å². The van der Waals surface area contributed by atoms with Crippen molar-refractivity contribution in [2.45, 2.75) is 20.0 Å². The number of carbonyl (C=O) groups is 1. The number of anilines is 1. The van der Waals surface area contributed by atoms with Crippen molar-refractivity contribution in [2.75, 3.05) is 5.32 Å². The van der Waals surface area contributed by atoms with Crippen molar-refractivity contribution in [3.8, 4) is 17.2 Å². The Morgan fingerprint density at radius 3 is 2.26 bits per heavy atom. The number of nitriles is 1. The Bertz CT molecular complexity index is 1330. The summed E-state index contributed by atoms with van der Waals surface area (Å²) in [6.07, 6.45) is 3.27. The molecule has 2 N–H and O–H groups in total. The standard InChI is InChI=1S/C27H22FN5O/c1-18-2-7-23(17-30-18)22-8-3-19(4-9-22)14-31-26-25(12-21(13-29)16-32-26)27(34)33-15-20-5-10-24(28)11-6-20/h2-12,16-17H,14-15H2,1H3,(H,31,32)(H,33,34). The Hall–Kier alpha value is -4.57. The first-order valence-electron chi connectivity index (χ1n) is 10.7. The minimum Gasteiger partial charge on any atom is -0.365 e. The van der Waals surface area contributed by atoms with E-state index < -0.39 is 0 Å². The zero-order valence-electron chi connectivity index (χ0n) is 18.5. The van der Waals surface area contributed by atoms with Crippen LogP contribution in [0.15, 0.2) is 79.1 Å². The molecule has 4 aromatic rings. The predicted molar refractivity (Wildman–Crippen MR) is 128 cm³/mol. The molecule has 2 heterocycles. The number of hydrogen-bond acceptors (Lipinski definition) is 5. The Labute approximate surface area is 197 Å². The monoisotopic (exact) mass is 451 g/mol. The van der Waals surface area contributed by atoms with Gasteiger partial charge in [0.2, 0.25) is 0 Å². The second-order valence-corrected chi connectivity index (χ2v) is 7.78. The molecule has 0 fully saturated rings. The molecule has 34 heavy (non-hydrogen) atoms. The van der Waals surface area contributed by atoms with Gasteiger partial charge in [0.1, 0.15) is 17.7 Å². The minimum atomic E-state index is -0.376. The maximum atomic E-state index is 13.1. The van der Waals surface area contributed by atoms with E-state index in [2.05, 4.69) is 20.6 Å². The molecule has 2 aromatic heterocycles. The van der Waals surface area contributed by atoms with Crippen molar-refractivity contribution in [2.24, 2.45) is 0 Å². The van der Waals surface area contributed by atoms with Gasteiger partial charge in [0, 0.05) is 36.7 Å². The summed E-state index contributed by atoms with van der Waals surface area (Å²) in [5.74, 6) is -0.336. The van der Waals surface area contributed by atoms with Crippen LogP contribution in [0.4, 0.5) is 10.2 Å². The Morgan fingerprint density at radius 2 is 1.59 bits per heavy atom. The highest BCUT2D eigenvalue weighted by Gasteiger charge is 2.14. The van der Waals surface area contributed by atoms with Gasteiger partial charge in [-0.15, -0.1) is 0 Å². The van der Waals surface area contributed by atoms with Crippen molar-refractivity contribution >= 4 is 11.7 Å². The minimum absolute atomic E-state index is 0.227. The van der Waals surface area contributed by atoms with E-state index in [4.69, 9.17) is 0 Å². The topological polar surface area (TPSA) is 90.7 Å². The molecule has 6 nitrogen and oxygen atoms in total. The fourth-order valence-electron chi connectivity index (χ4n) is 3.36. The van der Waals surface area contributed by atoms with Crippen LogP contribution in [0.5, 0.6) is 0 Å². The number of benzene rings is 2. The fourth-order valence-corrected chi connectivity index (χ4v) is 3.36. The van der Waals surface area contributed by atoms with Gasteiger partial charge in [0.25, 0.3) is 5.91 Å². The first-order chi connectivity index (χ1) is 16.5. The van der Waals surface area contributed by atoms with E-state index in [9.17, 15) is 14.4 Å². The summed E-state index contributed by atoms with van der Waals surface area (Å²) in [5, 5.41) is 15.2. The molecule has 7 heteroatoms. The van der Waals surface area contributed by atoms with Crippen molar-refractivity contribution in [3.05, 3.63) is 113 Å². The van der Waals surface area contributed by atoms with Crippen molar-refractivity contribution in [1.82, 2.24) is 15.3 Å². The van der Waals surface area contributed by atoms with E-state index in [0.29, 0.717) is 12.4 Å². The SMILES string of the molecule is Cc1ccc(-c2ccc(CNc3ncc(C#N)cc3C(=O)NCc3ccc(F)cc3)cc2)cn1. The number of hydrogen-bond donors (Lipinski definition) is 2. The van der Waals surface area contributed by atoms with Crippen LogP contribution in [0.3, 0.4) is 0 Å². The average molecular weight is 452 g/mol. The molecule has 0 aliphatic carbocycles. The Morgan fingerprint density at radius 1 is 0.912 bits per heavy atom. The number of aryl methyl sites for hydroxylation is 1. The van der Waals surface area contributed by atoms with E-state index in [0.717, 1.165) is 27.9 Å². The van der Waals surface area contributed by atoms with Crippen molar-refractivity contribution in [3.63, 3.8) is 0 Å². The van der Waals surface area contributed by atoms with Crippen LogP contribution in [0.1, 0.15) is 32.7 Å². The molecule has 0 bridgehead atoms. The lowest BCUT2D eigenvalue weighted by Crippen LogP contribution is -2.24. The summed E-state index contributed by atoms with van der Waals surface area (Å²) in [5.41, 5.74) is 5.40. The number of nitrogens with zero attached hydrogens (tertiary/aromatic N) is 3. The molecule has 0 atom stereocenters. The van der Waals surface area contributed by atoms with Gasteiger partial charge in [-0.3, -0.25) is 9.78 Å². The predicted octanol–water partition coefficient (Wildman–Crippen LogP) is 5.00. The summed E-state index contributed by atoms with van der Waals surface area (Å²) < 4.78 is 13.1. The lowest BCUT2D eigenvalue weighted by atomic mass is 10.1. The maximum absolute atomic E-state index is 13.1. The van der Waals surface area contributed by atoms with E-state index in [1.807, 2.05) is 55.6 Å². The van der Waals surface area contributed by atoms with Crippen LogP contribution in [0, 0.1) is 24.1 Å². The van der Waals surface area contributed by atoms with Gasteiger partial charge in [-0.05, 0) is 47.9 Å². The number of rotatable bonds is 7. The van der Waals surface area contributed by atoms with E-state index in [-0.39, 0.29) is 29.4 Å². The molecule has 0 radical (unpaired) electrons. The van der Waals surface area contributed by atoms with Crippen LogP contribution in [0.2, 0.25) is 0 Å². The maximum Gasteiger partial charge on any atom is 0.255 e. The van der Waals surface area contributed by atoms with Gasteiger partial charge in [-0.25, -0.2) is 9.37 Å². The molecule has 4 rings (SSSR count). The third-order valence-electron chi connectivity index (χ3n) is 5.29. The quantitative estimate of drug-likeness (QED) is 0.412. The lowest BCUT2D eigenvalue weighted by molar-refractivity contribution is 0.0951. The molecule has 0 aliphatic heterocycles. The van der Waals surface area contributed by atoms with E-state index in [1.165, 1.54) is 24.4 Å². The third-order valence-corrected chi connectivity index (χ3v) is 5.29. The third kappa shape index (κ3) is 5.61. The number of aromatic nitrogens is 2. The lowest BCUT2D eigenvalue weighted by Gasteiger charge is -2.12. The molecule has 0 saturated carbocycles. The molecule has 0 spiro atoms. The van der Waals surface area contributed by atoms with Crippen LogP contribution in [-0.4, -0.2) is 15.9 Å². The molecular formula is C27H22FN5O. The number of carbonyl (C=O) groups excluding carboxylic acids is 1. The molecular weight excluding hydrogens is 429 g/mol. The van der Waals surface area contributed by atoms with Crippen LogP contribution < -0.4 is 10.6 Å². The first kappa shape index (κ1) is 22.6. The highest BCUT2D eigenvalue weighted by atomic mass is 19.1. The summed E-state index contributed by atoms with van der Waals surface area (Å²) in [7, 11) is 0. The second kappa shape index (κ2) is 10.4. The zero-order valence-corrected chi connectivity index (χ0v) is 18.5. The summed E-state index contributed by atoms with van der Waals surface area (Å²) >= 11 is 0. The van der Waals surface area contributed by atoms with E-state index in [1.54, 1.807) is 12.1 Å². The zero-order chi connectivity index (χ0) is 23.9. The van der Waals surface area contributed by atoms with Gasteiger partial charge in [-0.1, -0.05) is 42.5 Å². The fraction of sp³-hybridized carbons (Fsp3) is 0.111. The van der Waals surface area contributed by atoms with Gasteiger partial charge in [-0.2, -0.15) is 5.26 Å². The van der Waals surface area contributed by atoms with Crippen LogP contribution >= 0.6 is 0 Å². The highest BCUT2D eigenvalue weighted by Crippen LogP contribution is 2.20. The summed E-state index contributed by atoms with van der Waals surface area (Å²) in [6, 6.07) is 21.5. The average Bonchev–Trinajstić information content (AvgIpc) is 2.87. The van der Waals surface area contributed by atoms with Crippen molar-refractivity contribution < 1.29 is 9.18 Å². The van der Waals surface area contributed by atoms with Gasteiger partial charge >= 0.3 is 0 Å².